The number of nitrogens with zero attached hydrogens (tertiary/aromatic N) is 9. The maximum Gasteiger partial charge on any atom is 0.268 e. The van der Waals surface area contributed by atoms with Gasteiger partial charge in [-0.3, -0.25) is 24.4 Å². The van der Waals surface area contributed by atoms with Gasteiger partial charge in [0.2, 0.25) is 0 Å². The predicted octanol–water partition coefficient (Wildman–Crippen LogP) is 12.5. The molecular formula is C64H50IrN9-3. The fraction of sp³-hybridized carbons (Fsp3) is 0.0625. The van der Waals surface area contributed by atoms with Crippen molar-refractivity contribution in [1.29, 1.82) is 0 Å². The molecule has 12 aromatic rings. The van der Waals surface area contributed by atoms with Crippen molar-refractivity contribution in [3.63, 3.8) is 0 Å². The second-order valence-corrected chi connectivity index (χ2v) is 17.5. The monoisotopic (exact) mass is 1140 g/mol. The number of benzene rings is 8. The van der Waals surface area contributed by atoms with Crippen molar-refractivity contribution in [2.75, 3.05) is 0 Å². The molecule has 0 amide bonds. The molecule has 0 fully saturated rings. The van der Waals surface area contributed by atoms with Crippen LogP contribution in [0.3, 0.4) is 0 Å². The molecule has 4 aromatic heterocycles. The van der Waals surface area contributed by atoms with Crippen molar-refractivity contribution >= 4 is 0 Å². The fourth-order valence-electron chi connectivity index (χ4n) is 8.66. The van der Waals surface area contributed by atoms with Crippen molar-refractivity contribution in [3.8, 4) is 79.3 Å². The van der Waals surface area contributed by atoms with Crippen LogP contribution < -0.4 is 14.2 Å². The van der Waals surface area contributed by atoms with Crippen LogP contribution in [0.15, 0.2) is 231 Å². The summed E-state index contributed by atoms with van der Waals surface area (Å²) >= 11 is 0. The Bertz CT molecular complexity index is 3290. The summed E-state index contributed by atoms with van der Waals surface area (Å²) in [5, 5.41) is 14.0. The number of imidazole rings is 2. The molecule has 12 rings (SSSR count). The second-order valence-electron chi connectivity index (χ2n) is 17.5. The summed E-state index contributed by atoms with van der Waals surface area (Å²) < 4.78 is 8.60. The fourth-order valence-corrected chi connectivity index (χ4v) is 8.66. The number of aromatic nitrogens is 9. The predicted molar refractivity (Wildman–Crippen MR) is 287 cm³/mol. The van der Waals surface area contributed by atoms with Gasteiger partial charge in [-0.2, -0.15) is 64.9 Å². The SMILES string of the molecule is Cc1cc[c-]c(-n2[c-][n+](-c3cccc(C)c3)c(-c3ccccc3)c2-c2ccccc2)c1.Cc1cc[c-]c(-n2[c-][n+](-c3cccc(C)c3)c(-c3ccccc3)c2-c2ccccc2)c1.[Ir].c1ccc(-c2nnn[n-]2)nc1. The molecular weight excluding hydrogens is 1090 g/mol. The van der Waals surface area contributed by atoms with Crippen LogP contribution in [0.1, 0.15) is 22.3 Å². The third kappa shape index (κ3) is 11.4. The van der Waals surface area contributed by atoms with E-state index < -0.39 is 0 Å². The van der Waals surface area contributed by atoms with E-state index >= 15 is 0 Å². The summed E-state index contributed by atoms with van der Waals surface area (Å²) in [5.74, 6) is 0.464. The zero-order chi connectivity index (χ0) is 49.9. The third-order valence-electron chi connectivity index (χ3n) is 12.0. The number of aryl methyl sites for hydroxylation is 4. The van der Waals surface area contributed by atoms with E-state index in [0.717, 1.165) is 67.8 Å². The van der Waals surface area contributed by atoms with Crippen LogP contribution in [0.5, 0.6) is 0 Å². The minimum atomic E-state index is 0. The van der Waals surface area contributed by atoms with Crippen molar-refractivity contribution in [1.82, 2.24) is 34.7 Å². The standard InChI is InChI=1S/2C29H23N2.C6H4N5.Ir/c2*1-22-11-9-17-26(19-22)30-21-31(27-18-10-12-23(2)20-27)29(25-15-7-4-8-16-25)28(30)24-13-5-3-6-14-24;1-2-4-7-5(3-1)6-8-10-11-9-6;/h2*3-17,19-20H,1-2H3;1-4H;/q3*-1;. The van der Waals surface area contributed by atoms with Gasteiger partial charge in [0.1, 0.15) is 0 Å². The van der Waals surface area contributed by atoms with Crippen LogP contribution in [0.25, 0.3) is 79.3 Å². The molecule has 0 aliphatic heterocycles. The topological polar surface area (TPSA) is 83.3 Å². The zero-order valence-electron chi connectivity index (χ0n) is 41.3. The number of tetrazole rings is 1. The van der Waals surface area contributed by atoms with Crippen LogP contribution in [-0.2, 0) is 20.1 Å². The summed E-state index contributed by atoms with van der Waals surface area (Å²) in [6.45, 7) is 8.46. The molecule has 0 spiro atoms. The van der Waals surface area contributed by atoms with E-state index in [2.05, 4.69) is 290 Å². The second kappa shape index (κ2) is 23.5. The molecule has 4 heterocycles. The van der Waals surface area contributed by atoms with E-state index in [9.17, 15) is 0 Å². The average Bonchev–Trinajstić information content (AvgIpc) is 4.22. The first-order valence-electron chi connectivity index (χ1n) is 24.0. The van der Waals surface area contributed by atoms with Gasteiger partial charge in [-0.05, 0) is 83.9 Å². The molecule has 0 atom stereocenters. The van der Waals surface area contributed by atoms with Gasteiger partial charge < -0.3 is 14.2 Å². The number of pyridine rings is 1. The van der Waals surface area contributed by atoms with Crippen LogP contribution >= 0.6 is 0 Å². The third-order valence-corrected chi connectivity index (χ3v) is 12.0. The van der Waals surface area contributed by atoms with Crippen LogP contribution in [0.2, 0.25) is 0 Å². The molecule has 8 aromatic carbocycles. The van der Waals surface area contributed by atoms with Gasteiger partial charge in [-0.15, -0.1) is 0 Å². The molecule has 1 radical (unpaired) electrons. The first-order valence-corrected chi connectivity index (χ1v) is 24.0. The van der Waals surface area contributed by atoms with Crippen molar-refractivity contribution in [3.05, 3.63) is 278 Å². The molecule has 0 unspecified atom stereocenters. The van der Waals surface area contributed by atoms with E-state index in [-0.39, 0.29) is 20.1 Å². The van der Waals surface area contributed by atoms with Crippen molar-refractivity contribution in [2.45, 2.75) is 27.7 Å². The largest absolute Gasteiger partial charge is 0.329 e. The van der Waals surface area contributed by atoms with E-state index in [1.807, 2.05) is 24.3 Å². The van der Waals surface area contributed by atoms with Gasteiger partial charge in [-0.1, -0.05) is 177 Å². The van der Waals surface area contributed by atoms with Gasteiger partial charge in [0, 0.05) is 26.3 Å². The van der Waals surface area contributed by atoms with Gasteiger partial charge in [0.15, 0.2) is 0 Å². The Morgan fingerprint density at radius 3 is 1.23 bits per heavy atom. The quantitative estimate of drug-likeness (QED) is 0.106. The van der Waals surface area contributed by atoms with Gasteiger partial charge in [-0.25, -0.2) is 0 Å². The summed E-state index contributed by atoms with van der Waals surface area (Å²) in [4.78, 5) is 4.02. The Kier molecular flexibility index (Phi) is 15.9. The minimum Gasteiger partial charge on any atom is -0.329 e. The molecule has 0 aliphatic rings. The molecule has 363 valence electrons. The molecule has 0 saturated heterocycles. The molecule has 0 N–H and O–H groups in total. The normalized spacial score (nSPS) is 10.6. The Labute approximate surface area is 446 Å². The van der Waals surface area contributed by atoms with Crippen molar-refractivity contribution in [2.24, 2.45) is 0 Å². The first-order chi connectivity index (χ1) is 35.9. The van der Waals surface area contributed by atoms with E-state index in [0.29, 0.717) is 11.5 Å². The van der Waals surface area contributed by atoms with Crippen LogP contribution in [-0.4, -0.2) is 29.6 Å². The summed E-state index contributed by atoms with van der Waals surface area (Å²) in [7, 11) is 0. The van der Waals surface area contributed by atoms with E-state index in [1.165, 1.54) is 22.3 Å². The van der Waals surface area contributed by atoms with Crippen LogP contribution in [0, 0.1) is 52.5 Å². The molecule has 0 aliphatic carbocycles. The maximum atomic E-state index is 4.02. The molecule has 9 nitrogen and oxygen atoms in total. The van der Waals surface area contributed by atoms with Gasteiger partial charge in [0.05, 0.1) is 45.7 Å². The molecule has 10 heteroatoms. The van der Waals surface area contributed by atoms with Gasteiger partial charge >= 0.3 is 0 Å². The van der Waals surface area contributed by atoms with Crippen molar-refractivity contribution < 1.29 is 29.2 Å². The smallest absolute Gasteiger partial charge is 0.268 e. The summed E-state index contributed by atoms with van der Waals surface area (Å²) in [6.07, 6.45) is 8.95. The molecule has 0 saturated carbocycles. The van der Waals surface area contributed by atoms with E-state index in [1.54, 1.807) is 12.3 Å². The number of hydrogen-bond donors (Lipinski definition) is 0. The Morgan fingerprint density at radius 1 is 0.432 bits per heavy atom. The first kappa shape index (κ1) is 50.0. The molecule has 0 bridgehead atoms. The Balaban J connectivity index is 0.000000149. The zero-order valence-corrected chi connectivity index (χ0v) is 43.7. The Morgan fingerprint density at radius 2 is 0.851 bits per heavy atom. The molecule has 74 heavy (non-hydrogen) atoms. The van der Waals surface area contributed by atoms with Gasteiger partial charge in [0.25, 0.3) is 12.7 Å². The minimum absolute atomic E-state index is 0. The summed E-state index contributed by atoms with van der Waals surface area (Å²) in [5.41, 5.74) is 18.6. The van der Waals surface area contributed by atoms with Crippen LogP contribution in [0.4, 0.5) is 0 Å². The van der Waals surface area contributed by atoms with E-state index in [4.69, 9.17) is 0 Å². The average molecular weight is 1140 g/mol. The number of rotatable bonds is 9. The number of hydrogen-bond acceptors (Lipinski definition) is 4. The maximum absolute atomic E-state index is 4.02. The summed E-state index contributed by atoms with van der Waals surface area (Å²) in [6, 6.07) is 83.9. The Hall–Kier alpha value is -8.95.